The molecule has 2 aromatic carbocycles. The quantitative estimate of drug-likeness (QED) is 0.678. The first kappa shape index (κ1) is 17.9. The summed E-state index contributed by atoms with van der Waals surface area (Å²) in [6, 6.07) is 18.4. The summed E-state index contributed by atoms with van der Waals surface area (Å²) in [4.78, 5) is 7.10. The third kappa shape index (κ3) is 3.95. The molecular weight excluding hydrogens is 362 g/mol. The summed E-state index contributed by atoms with van der Waals surface area (Å²) in [6.07, 6.45) is 1.68. The van der Waals surface area contributed by atoms with Crippen LogP contribution in [0.4, 0.5) is 0 Å². The number of nitrogens with zero attached hydrogens (tertiary/aromatic N) is 3. The van der Waals surface area contributed by atoms with Gasteiger partial charge in [0.25, 0.3) is 0 Å². The van der Waals surface area contributed by atoms with E-state index in [1.54, 1.807) is 34.8 Å². The second kappa shape index (κ2) is 7.64. The van der Waals surface area contributed by atoms with Crippen molar-refractivity contribution in [2.75, 3.05) is 26.2 Å². The lowest BCUT2D eigenvalue weighted by atomic mass is 10.2. The molecule has 0 atom stereocenters. The van der Waals surface area contributed by atoms with E-state index in [4.69, 9.17) is 4.42 Å². The van der Waals surface area contributed by atoms with Crippen molar-refractivity contribution < 1.29 is 12.8 Å². The number of sulfonamides is 1. The van der Waals surface area contributed by atoms with Gasteiger partial charge in [0, 0.05) is 38.3 Å². The first-order valence-electron chi connectivity index (χ1n) is 8.90. The van der Waals surface area contributed by atoms with E-state index in [0.29, 0.717) is 43.5 Å². The summed E-state index contributed by atoms with van der Waals surface area (Å²) in [5.41, 5.74) is 1.80. The number of rotatable bonds is 5. The Morgan fingerprint density at radius 2 is 1.52 bits per heavy atom. The molecule has 0 aliphatic carbocycles. The van der Waals surface area contributed by atoms with Crippen LogP contribution in [0, 0.1) is 0 Å². The van der Waals surface area contributed by atoms with Gasteiger partial charge in [-0.25, -0.2) is 13.4 Å². The van der Waals surface area contributed by atoms with E-state index in [0.717, 1.165) is 11.3 Å². The molecule has 0 spiro atoms. The van der Waals surface area contributed by atoms with Gasteiger partial charge in [0.2, 0.25) is 15.9 Å². The van der Waals surface area contributed by atoms with E-state index in [2.05, 4.69) is 9.88 Å². The topological polar surface area (TPSA) is 66.7 Å². The predicted octanol–water partition coefficient (Wildman–Crippen LogP) is 2.85. The zero-order valence-corrected chi connectivity index (χ0v) is 15.7. The van der Waals surface area contributed by atoms with Crippen LogP contribution in [0.1, 0.15) is 5.69 Å². The zero-order chi connectivity index (χ0) is 18.7. The van der Waals surface area contributed by atoms with Crippen LogP contribution in [-0.2, 0) is 16.6 Å². The average molecular weight is 383 g/mol. The molecule has 0 bridgehead atoms. The third-order valence-corrected chi connectivity index (χ3v) is 6.58. The number of oxazole rings is 1. The van der Waals surface area contributed by atoms with Gasteiger partial charge in [0.05, 0.1) is 10.6 Å². The van der Waals surface area contributed by atoms with Crippen molar-refractivity contribution in [3.05, 3.63) is 72.6 Å². The highest BCUT2D eigenvalue weighted by molar-refractivity contribution is 7.89. The molecule has 2 heterocycles. The van der Waals surface area contributed by atoms with E-state index < -0.39 is 10.0 Å². The van der Waals surface area contributed by atoms with Crippen LogP contribution in [0.5, 0.6) is 0 Å². The monoisotopic (exact) mass is 383 g/mol. The number of aromatic nitrogens is 1. The minimum atomic E-state index is -3.42. The van der Waals surface area contributed by atoms with Gasteiger partial charge < -0.3 is 4.42 Å². The van der Waals surface area contributed by atoms with Crippen molar-refractivity contribution >= 4 is 10.0 Å². The molecule has 7 heteroatoms. The summed E-state index contributed by atoms with van der Waals surface area (Å²) in [6.45, 7) is 2.93. The molecule has 27 heavy (non-hydrogen) atoms. The normalized spacial score (nSPS) is 16.4. The highest BCUT2D eigenvalue weighted by atomic mass is 32.2. The van der Waals surface area contributed by atoms with Gasteiger partial charge in [0.15, 0.2) is 0 Å². The Bertz CT molecular complexity index is 980. The smallest absolute Gasteiger partial charge is 0.243 e. The minimum absolute atomic E-state index is 0.349. The minimum Gasteiger partial charge on any atom is -0.444 e. The highest BCUT2D eigenvalue weighted by Crippen LogP contribution is 2.20. The highest BCUT2D eigenvalue weighted by Gasteiger charge is 2.28. The Morgan fingerprint density at radius 3 is 2.19 bits per heavy atom. The Morgan fingerprint density at radius 1 is 0.889 bits per heavy atom. The molecule has 0 radical (unpaired) electrons. The lowest BCUT2D eigenvalue weighted by molar-refractivity contribution is 0.180. The van der Waals surface area contributed by atoms with Crippen LogP contribution in [0.15, 0.2) is 76.2 Å². The lowest BCUT2D eigenvalue weighted by Gasteiger charge is -2.33. The summed E-state index contributed by atoms with van der Waals surface area (Å²) in [5, 5.41) is 0. The number of piperazine rings is 1. The van der Waals surface area contributed by atoms with Crippen molar-refractivity contribution in [3.63, 3.8) is 0 Å². The van der Waals surface area contributed by atoms with Gasteiger partial charge in [-0.15, -0.1) is 0 Å². The maximum atomic E-state index is 12.7. The first-order valence-corrected chi connectivity index (χ1v) is 10.3. The molecule has 3 aromatic rings. The molecule has 6 nitrogen and oxygen atoms in total. The summed E-state index contributed by atoms with van der Waals surface area (Å²) < 4.78 is 32.5. The van der Waals surface area contributed by atoms with Crippen molar-refractivity contribution in [1.29, 1.82) is 0 Å². The molecule has 0 amide bonds. The van der Waals surface area contributed by atoms with Gasteiger partial charge in [-0.2, -0.15) is 4.31 Å². The largest absolute Gasteiger partial charge is 0.444 e. The van der Waals surface area contributed by atoms with E-state index in [1.807, 2.05) is 36.4 Å². The lowest BCUT2D eigenvalue weighted by Crippen LogP contribution is -2.48. The van der Waals surface area contributed by atoms with Crippen LogP contribution in [0.25, 0.3) is 11.5 Å². The molecule has 4 rings (SSSR count). The van der Waals surface area contributed by atoms with Crippen LogP contribution < -0.4 is 0 Å². The number of hydrogen-bond acceptors (Lipinski definition) is 5. The molecule has 0 unspecified atom stereocenters. The van der Waals surface area contributed by atoms with Gasteiger partial charge in [0.1, 0.15) is 6.26 Å². The molecule has 1 aliphatic rings. The Hall–Kier alpha value is -2.48. The zero-order valence-electron chi connectivity index (χ0n) is 14.9. The van der Waals surface area contributed by atoms with Crippen LogP contribution in [0.3, 0.4) is 0 Å². The van der Waals surface area contributed by atoms with E-state index in [1.165, 1.54) is 0 Å². The second-order valence-electron chi connectivity index (χ2n) is 6.50. The fourth-order valence-electron chi connectivity index (χ4n) is 3.19. The van der Waals surface area contributed by atoms with Crippen LogP contribution >= 0.6 is 0 Å². The molecule has 1 fully saturated rings. The second-order valence-corrected chi connectivity index (χ2v) is 8.44. The van der Waals surface area contributed by atoms with Crippen LogP contribution in [0.2, 0.25) is 0 Å². The molecule has 140 valence electrons. The molecule has 0 saturated carbocycles. The molecule has 1 saturated heterocycles. The van der Waals surface area contributed by atoms with Crippen molar-refractivity contribution in [2.45, 2.75) is 11.4 Å². The Kier molecular flexibility index (Phi) is 5.07. The van der Waals surface area contributed by atoms with Crippen LogP contribution in [-0.4, -0.2) is 48.8 Å². The maximum absolute atomic E-state index is 12.7. The predicted molar refractivity (Wildman–Crippen MR) is 102 cm³/mol. The standard InChI is InChI=1S/C20H21N3O3S/c24-27(25,19-9-5-2-6-10-19)23-13-11-22(12-14-23)15-18-16-26-20(21-18)17-7-3-1-4-8-17/h1-10,16H,11-15H2. The van der Waals surface area contributed by atoms with E-state index >= 15 is 0 Å². The Labute approximate surface area is 159 Å². The van der Waals surface area contributed by atoms with Gasteiger partial charge >= 0.3 is 0 Å². The number of benzene rings is 2. The van der Waals surface area contributed by atoms with E-state index in [-0.39, 0.29) is 0 Å². The van der Waals surface area contributed by atoms with Gasteiger partial charge in [-0.05, 0) is 24.3 Å². The van der Waals surface area contributed by atoms with Gasteiger partial charge in [-0.3, -0.25) is 4.90 Å². The van der Waals surface area contributed by atoms with Crippen molar-refractivity contribution in [1.82, 2.24) is 14.2 Å². The summed E-state index contributed by atoms with van der Waals surface area (Å²) >= 11 is 0. The average Bonchev–Trinajstić information content (AvgIpc) is 3.18. The molecule has 1 aromatic heterocycles. The fraction of sp³-hybridized carbons (Fsp3) is 0.250. The van der Waals surface area contributed by atoms with Gasteiger partial charge in [-0.1, -0.05) is 36.4 Å². The molecule has 0 N–H and O–H groups in total. The maximum Gasteiger partial charge on any atom is 0.243 e. The third-order valence-electron chi connectivity index (χ3n) is 4.67. The van der Waals surface area contributed by atoms with Crippen molar-refractivity contribution in [2.24, 2.45) is 0 Å². The van der Waals surface area contributed by atoms with Crippen molar-refractivity contribution in [3.8, 4) is 11.5 Å². The summed E-state index contributed by atoms with van der Waals surface area (Å²) in [5.74, 6) is 0.607. The SMILES string of the molecule is O=S(=O)(c1ccccc1)N1CCN(Cc2coc(-c3ccccc3)n2)CC1. The molecular formula is C20H21N3O3S. The molecule has 1 aliphatic heterocycles. The number of hydrogen-bond donors (Lipinski definition) is 0. The first-order chi connectivity index (χ1) is 13.1. The van der Waals surface area contributed by atoms with E-state index in [9.17, 15) is 8.42 Å². The summed E-state index contributed by atoms with van der Waals surface area (Å²) in [7, 11) is -3.42. The fourth-order valence-corrected chi connectivity index (χ4v) is 4.63. The Balaban J connectivity index is 1.37.